The quantitative estimate of drug-likeness (QED) is 0.620. The second kappa shape index (κ2) is 8.46. The zero-order chi connectivity index (χ0) is 16.5. The molecule has 0 aliphatic carbocycles. The van der Waals surface area contributed by atoms with Crippen LogP contribution in [0.3, 0.4) is 0 Å². The van der Waals surface area contributed by atoms with Crippen molar-refractivity contribution in [3.05, 3.63) is 61.7 Å². The van der Waals surface area contributed by atoms with E-state index in [0.29, 0.717) is 30.1 Å². The zero-order valence-corrected chi connectivity index (χ0v) is 12.7. The van der Waals surface area contributed by atoms with E-state index < -0.39 is 6.09 Å². The van der Waals surface area contributed by atoms with Crippen LogP contribution in [0, 0.1) is 0 Å². The van der Waals surface area contributed by atoms with Crippen molar-refractivity contribution in [1.82, 2.24) is 4.90 Å². The number of anilines is 1. The van der Waals surface area contributed by atoms with Gasteiger partial charge in [-0.25, -0.2) is 4.79 Å². The van der Waals surface area contributed by atoms with Crippen molar-refractivity contribution < 1.29 is 14.3 Å². The number of carbonyl (C=O) groups is 2. The molecule has 1 aromatic rings. The standard InChI is InChI=1S/C17H20N2O3/c1-5-10-19(11-6-2)17(21)22-15-9-7-8-14(12-15)18-16(20)13(3)4/h5-9,12H,1-3,10-11H2,4H3,(H,18,20). The molecule has 116 valence electrons. The highest BCUT2D eigenvalue weighted by atomic mass is 16.6. The molecule has 0 saturated heterocycles. The van der Waals surface area contributed by atoms with Gasteiger partial charge in [0.05, 0.1) is 0 Å². The van der Waals surface area contributed by atoms with Crippen LogP contribution >= 0.6 is 0 Å². The number of ether oxygens (including phenoxy) is 1. The summed E-state index contributed by atoms with van der Waals surface area (Å²) in [5, 5.41) is 2.66. The first-order valence-electron chi connectivity index (χ1n) is 6.73. The molecule has 0 saturated carbocycles. The lowest BCUT2D eigenvalue weighted by Crippen LogP contribution is -2.33. The lowest BCUT2D eigenvalue weighted by atomic mass is 10.2. The minimum Gasteiger partial charge on any atom is -0.410 e. The number of hydrogen-bond donors (Lipinski definition) is 1. The third kappa shape index (κ3) is 5.28. The van der Waals surface area contributed by atoms with Crippen LogP contribution in [0.15, 0.2) is 61.7 Å². The van der Waals surface area contributed by atoms with Crippen molar-refractivity contribution in [2.24, 2.45) is 0 Å². The van der Waals surface area contributed by atoms with Crippen LogP contribution in [0.4, 0.5) is 10.5 Å². The molecule has 22 heavy (non-hydrogen) atoms. The summed E-state index contributed by atoms with van der Waals surface area (Å²) in [6.45, 7) is 13.1. The van der Waals surface area contributed by atoms with Gasteiger partial charge in [-0.1, -0.05) is 24.8 Å². The molecule has 1 aromatic carbocycles. The van der Waals surface area contributed by atoms with Gasteiger partial charge in [-0.05, 0) is 19.1 Å². The van der Waals surface area contributed by atoms with Crippen LogP contribution in [-0.4, -0.2) is 30.0 Å². The fourth-order valence-electron chi connectivity index (χ4n) is 1.58. The molecule has 0 heterocycles. The average molecular weight is 300 g/mol. The Labute approximate surface area is 130 Å². The number of nitrogens with zero attached hydrogens (tertiary/aromatic N) is 1. The zero-order valence-electron chi connectivity index (χ0n) is 12.7. The fraction of sp³-hybridized carbons (Fsp3) is 0.176. The van der Waals surface area contributed by atoms with Crippen LogP contribution in [0.25, 0.3) is 0 Å². The largest absolute Gasteiger partial charge is 0.415 e. The maximum atomic E-state index is 12.0. The SMILES string of the molecule is C=CCN(CC=C)C(=O)Oc1cccc(NC(=O)C(=C)C)c1. The maximum Gasteiger partial charge on any atom is 0.415 e. The molecule has 0 unspecified atom stereocenters. The molecule has 5 heteroatoms. The Morgan fingerprint density at radius 2 is 1.91 bits per heavy atom. The first-order valence-corrected chi connectivity index (χ1v) is 6.73. The summed E-state index contributed by atoms with van der Waals surface area (Å²) in [5.74, 6) is 0.0473. The van der Waals surface area contributed by atoms with Gasteiger partial charge in [0, 0.05) is 30.4 Å². The predicted molar refractivity (Wildman–Crippen MR) is 87.9 cm³/mol. The third-order valence-electron chi connectivity index (χ3n) is 2.64. The monoisotopic (exact) mass is 300 g/mol. The Morgan fingerprint density at radius 1 is 1.27 bits per heavy atom. The van der Waals surface area contributed by atoms with Gasteiger partial charge in [-0.15, -0.1) is 13.2 Å². The van der Waals surface area contributed by atoms with Crippen LogP contribution in [0.5, 0.6) is 5.75 Å². The van der Waals surface area contributed by atoms with Crippen molar-refractivity contribution in [2.45, 2.75) is 6.92 Å². The molecule has 0 aliphatic heterocycles. The number of hydrogen-bond acceptors (Lipinski definition) is 3. The number of benzene rings is 1. The van der Waals surface area contributed by atoms with E-state index in [1.165, 1.54) is 4.90 Å². The van der Waals surface area contributed by atoms with Crippen LogP contribution < -0.4 is 10.1 Å². The highest BCUT2D eigenvalue weighted by molar-refractivity contribution is 6.02. The van der Waals surface area contributed by atoms with E-state index in [-0.39, 0.29) is 5.91 Å². The lowest BCUT2D eigenvalue weighted by Gasteiger charge is -2.18. The summed E-state index contributed by atoms with van der Waals surface area (Å²) in [6.07, 6.45) is 2.70. The first kappa shape index (κ1) is 17.2. The predicted octanol–water partition coefficient (Wildman–Crippen LogP) is 3.37. The van der Waals surface area contributed by atoms with Crippen molar-refractivity contribution in [3.8, 4) is 5.75 Å². The molecule has 0 bridgehead atoms. The maximum absolute atomic E-state index is 12.0. The Balaban J connectivity index is 2.78. The van der Waals surface area contributed by atoms with Gasteiger partial charge in [0.1, 0.15) is 5.75 Å². The number of carbonyl (C=O) groups excluding carboxylic acids is 2. The molecular weight excluding hydrogens is 280 g/mol. The van der Waals surface area contributed by atoms with Crippen molar-refractivity contribution in [3.63, 3.8) is 0 Å². The molecule has 5 nitrogen and oxygen atoms in total. The van der Waals surface area contributed by atoms with E-state index in [4.69, 9.17) is 4.74 Å². The Bertz CT molecular complexity index is 583. The molecule has 2 amide bonds. The summed E-state index contributed by atoms with van der Waals surface area (Å²) in [4.78, 5) is 25.1. The van der Waals surface area contributed by atoms with E-state index in [1.807, 2.05) is 0 Å². The van der Waals surface area contributed by atoms with Gasteiger partial charge < -0.3 is 15.0 Å². The fourth-order valence-corrected chi connectivity index (χ4v) is 1.58. The minimum absolute atomic E-state index is 0.289. The van der Waals surface area contributed by atoms with Crippen molar-refractivity contribution in [2.75, 3.05) is 18.4 Å². The molecule has 1 N–H and O–H groups in total. The highest BCUT2D eigenvalue weighted by Gasteiger charge is 2.13. The van der Waals surface area contributed by atoms with Gasteiger partial charge >= 0.3 is 6.09 Å². The molecule has 0 radical (unpaired) electrons. The summed E-state index contributed by atoms with van der Waals surface area (Å²) in [6, 6.07) is 6.58. The van der Waals surface area contributed by atoms with Crippen LogP contribution in [-0.2, 0) is 4.79 Å². The topological polar surface area (TPSA) is 58.6 Å². The Morgan fingerprint density at radius 3 is 2.45 bits per heavy atom. The summed E-state index contributed by atoms with van der Waals surface area (Å²) < 4.78 is 5.28. The summed E-state index contributed by atoms with van der Waals surface area (Å²) >= 11 is 0. The van der Waals surface area contributed by atoms with Crippen LogP contribution in [0.1, 0.15) is 6.92 Å². The number of nitrogens with one attached hydrogen (secondary N) is 1. The molecule has 0 atom stereocenters. The van der Waals surface area contributed by atoms with E-state index in [9.17, 15) is 9.59 Å². The lowest BCUT2D eigenvalue weighted by molar-refractivity contribution is -0.112. The Kier molecular flexibility index (Phi) is 6.63. The van der Waals surface area contributed by atoms with Gasteiger partial charge in [0.2, 0.25) is 0 Å². The molecule has 0 aliphatic rings. The molecule has 1 rings (SSSR count). The Hall–Kier alpha value is -2.82. The van der Waals surface area contributed by atoms with E-state index in [0.717, 1.165) is 0 Å². The smallest absolute Gasteiger partial charge is 0.410 e. The van der Waals surface area contributed by atoms with Gasteiger partial charge in [0.25, 0.3) is 5.91 Å². The van der Waals surface area contributed by atoms with Gasteiger partial charge in [0.15, 0.2) is 0 Å². The second-order valence-corrected chi connectivity index (χ2v) is 4.61. The average Bonchev–Trinajstić information content (AvgIpc) is 2.47. The summed E-state index contributed by atoms with van der Waals surface area (Å²) in [5.41, 5.74) is 0.919. The summed E-state index contributed by atoms with van der Waals surface area (Å²) in [7, 11) is 0. The normalized spacial score (nSPS) is 9.50. The second-order valence-electron chi connectivity index (χ2n) is 4.61. The molecule has 0 aromatic heterocycles. The third-order valence-corrected chi connectivity index (χ3v) is 2.64. The molecule has 0 fully saturated rings. The number of amides is 2. The highest BCUT2D eigenvalue weighted by Crippen LogP contribution is 2.18. The minimum atomic E-state index is -0.511. The van der Waals surface area contributed by atoms with Gasteiger partial charge in [-0.2, -0.15) is 0 Å². The van der Waals surface area contributed by atoms with Crippen molar-refractivity contribution in [1.29, 1.82) is 0 Å². The van der Waals surface area contributed by atoms with E-state index in [2.05, 4.69) is 25.1 Å². The van der Waals surface area contributed by atoms with Gasteiger partial charge in [-0.3, -0.25) is 4.79 Å². The van der Waals surface area contributed by atoms with E-state index in [1.54, 1.807) is 43.3 Å². The van der Waals surface area contributed by atoms with Crippen LogP contribution in [0.2, 0.25) is 0 Å². The van der Waals surface area contributed by atoms with E-state index >= 15 is 0 Å². The molecular formula is C17H20N2O3. The van der Waals surface area contributed by atoms with Crippen molar-refractivity contribution >= 4 is 17.7 Å². The first-order chi connectivity index (χ1) is 10.5. The molecule has 0 spiro atoms. The number of rotatable bonds is 7.